The first-order valence-electron chi connectivity index (χ1n) is 9.76. The number of ether oxygens (including phenoxy) is 1. The number of likely N-dealkylation sites (N-methyl/N-ethyl adjacent to an activating group) is 1. The molecule has 3 heterocycles. The van der Waals surface area contributed by atoms with Crippen molar-refractivity contribution in [3.05, 3.63) is 30.1 Å². The van der Waals surface area contributed by atoms with Gasteiger partial charge in [-0.1, -0.05) is 6.07 Å². The van der Waals surface area contributed by atoms with E-state index in [0.717, 1.165) is 58.4 Å². The van der Waals surface area contributed by atoms with Crippen LogP contribution < -0.4 is 5.32 Å². The second-order valence-electron chi connectivity index (χ2n) is 7.89. The molecule has 6 heteroatoms. The molecule has 0 aliphatic carbocycles. The highest BCUT2D eigenvalue weighted by molar-refractivity contribution is 5.74. The van der Waals surface area contributed by atoms with E-state index < -0.39 is 0 Å². The van der Waals surface area contributed by atoms with Gasteiger partial charge >= 0.3 is 6.03 Å². The van der Waals surface area contributed by atoms with Gasteiger partial charge in [0.15, 0.2) is 0 Å². The quantitative estimate of drug-likeness (QED) is 0.874. The largest absolute Gasteiger partial charge is 0.381 e. The van der Waals surface area contributed by atoms with Crippen molar-refractivity contribution in [1.29, 1.82) is 0 Å². The first kappa shape index (κ1) is 19.1. The van der Waals surface area contributed by atoms with Crippen molar-refractivity contribution in [1.82, 2.24) is 20.1 Å². The van der Waals surface area contributed by atoms with Gasteiger partial charge in [0.1, 0.15) is 0 Å². The van der Waals surface area contributed by atoms with Crippen molar-refractivity contribution >= 4 is 6.03 Å². The Labute approximate surface area is 156 Å². The van der Waals surface area contributed by atoms with Gasteiger partial charge in [0.25, 0.3) is 0 Å². The van der Waals surface area contributed by atoms with Crippen LogP contribution in [0.25, 0.3) is 0 Å². The van der Waals surface area contributed by atoms with Gasteiger partial charge in [-0.2, -0.15) is 0 Å². The summed E-state index contributed by atoms with van der Waals surface area (Å²) in [5.74, 6) is 0.645. The Morgan fingerprint density at radius 1 is 1.35 bits per heavy atom. The summed E-state index contributed by atoms with van der Waals surface area (Å²) in [5.41, 5.74) is 1.31. The third-order valence-electron chi connectivity index (χ3n) is 6.09. The number of nitrogens with one attached hydrogen (secondary N) is 1. The molecule has 1 N–H and O–H groups in total. The number of rotatable bonds is 5. The molecule has 0 saturated carbocycles. The second-order valence-corrected chi connectivity index (χ2v) is 7.89. The molecular weight excluding hydrogens is 328 g/mol. The molecule has 0 aromatic carbocycles. The molecule has 0 spiro atoms. The number of pyridine rings is 1. The van der Waals surface area contributed by atoms with Crippen LogP contribution >= 0.6 is 0 Å². The van der Waals surface area contributed by atoms with Crippen LogP contribution in [-0.4, -0.2) is 73.3 Å². The molecule has 0 unspecified atom stereocenters. The first-order chi connectivity index (χ1) is 12.6. The molecule has 2 aliphatic rings. The number of likely N-dealkylation sites (tertiary alicyclic amines) is 1. The average Bonchev–Trinajstić information content (AvgIpc) is 2.68. The molecule has 0 bridgehead atoms. The maximum atomic E-state index is 12.6. The van der Waals surface area contributed by atoms with Gasteiger partial charge in [-0.3, -0.25) is 4.98 Å². The van der Waals surface area contributed by atoms with E-state index in [1.54, 1.807) is 0 Å². The molecule has 1 aromatic heterocycles. The monoisotopic (exact) mass is 360 g/mol. The minimum absolute atomic E-state index is 0.0204. The van der Waals surface area contributed by atoms with Crippen molar-refractivity contribution in [2.24, 2.45) is 5.92 Å². The van der Waals surface area contributed by atoms with Crippen LogP contribution in [0.15, 0.2) is 24.5 Å². The second kappa shape index (κ2) is 8.82. The van der Waals surface area contributed by atoms with E-state index >= 15 is 0 Å². The van der Waals surface area contributed by atoms with Gasteiger partial charge < -0.3 is 19.9 Å². The highest BCUT2D eigenvalue weighted by Gasteiger charge is 2.35. The van der Waals surface area contributed by atoms with Crippen LogP contribution in [0, 0.1) is 5.92 Å². The SMILES string of the molecule is CN(C)C1(CNC(=O)N2CCC(Cc3cccnc3)CC2)CCOCC1. The fourth-order valence-electron chi connectivity index (χ4n) is 4.08. The summed E-state index contributed by atoms with van der Waals surface area (Å²) < 4.78 is 5.50. The predicted octanol–water partition coefficient (Wildman–Crippen LogP) is 2.16. The molecule has 2 fully saturated rings. The Bertz CT molecular complexity index is 564. The van der Waals surface area contributed by atoms with Crippen LogP contribution in [-0.2, 0) is 11.2 Å². The standard InChI is InChI=1S/C20H32N4O2/c1-23(2)20(7-12-26-13-8-20)16-22-19(25)24-10-5-17(6-11-24)14-18-4-3-9-21-15-18/h3-4,9,15,17H,5-8,10-14,16H2,1-2H3,(H,22,25). The number of amides is 2. The molecule has 2 saturated heterocycles. The number of urea groups is 1. The van der Waals surface area contributed by atoms with Gasteiger partial charge in [-0.25, -0.2) is 4.79 Å². The zero-order valence-electron chi connectivity index (χ0n) is 16.1. The third-order valence-corrected chi connectivity index (χ3v) is 6.09. The summed E-state index contributed by atoms with van der Waals surface area (Å²) >= 11 is 0. The molecule has 26 heavy (non-hydrogen) atoms. The zero-order valence-corrected chi connectivity index (χ0v) is 16.1. The van der Waals surface area contributed by atoms with Crippen LogP contribution in [0.4, 0.5) is 4.79 Å². The Morgan fingerprint density at radius 3 is 2.69 bits per heavy atom. The Morgan fingerprint density at radius 2 is 2.08 bits per heavy atom. The number of hydrogen-bond acceptors (Lipinski definition) is 4. The van der Waals surface area contributed by atoms with Crippen molar-refractivity contribution in [2.75, 3.05) is 46.9 Å². The van der Waals surface area contributed by atoms with Crippen molar-refractivity contribution < 1.29 is 9.53 Å². The minimum Gasteiger partial charge on any atom is -0.381 e. The van der Waals surface area contributed by atoms with E-state index in [1.807, 2.05) is 23.4 Å². The van der Waals surface area contributed by atoms with E-state index in [0.29, 0.717) is 12.5 Å². The molecule has 0 atom stereocenters. The lowest BCUT2D eigenvalue weighted by Gasteiger charge is -2.43. The van der Waals surface area contributed by atoms with Crippen LogP contribution in [0.3, 0.4) is 0 Å². The smallest absolute Gasteiger partial charge is 0.317 e. The van der Waals surface area contributed by atoms with Crippen LogP contribution in [0.1, 0.15) is 31.2 Å². The molecule has 6 nitrogen and oxygen atoms in total. The summed E-state index contributed by atoms with van der Waals surface area (Å²) in [7, 11) is 4.20. The van der Waals surface area contributed by atoms with E-state index in [2.05, 4.69) is 35.4 Å². The lowest BCUT2D eigenvalue weighted by atomic mass is 9.88. The summed E-state index contributed by atoms with van der Waals surface area (Å²) in [6.45, 7) is 3.92. The van der Waals surface area contributed by atoms with Crippen molar-refractivity contribution in [2.45, 2.75) is 37.6 Å². The number of nitrogens with zero attached hydrogens (tertiary/aromatic N) is 3. The first-order valence-corrected chi connectivity index (χ1v) is 9.76. The number of carbonyl (C=O) groups excluding carboxylic acids is 1. The van der Waals surface area contributed by atoms with Crippen molar-refractivity contribution in [3.63, 3.8) is 0 Å². The fourth-order valence-corrected chi connectivity index (χ4v) is 4.08. The van der Waals surface area contributed by atoms with E-state index in [1.165, 1.54) is 5.56 Å². The van der Waals surface area contributed by atoms with E-state index in [-0.39, 0.29) is 11.6 Å². The van der Waals surface area contributed by atoms with Crippen LogP contribution in [0.5, 0.6) is 0 Å². The number of piperidine rings is 1. The Hall–Kier alpha value is -1.66. The van der Waals surface area contributed by atoms with E-state index in [9.17, 15) is 4.79 Å². The topological polar surface area (TPSA) is 57.7 Å². The lowest BCUT2D eigenvalue weighted by Crippen LogP contribution is -2.57. The summed E-state index contributed by atoms with van der Waals surface area (Å²) in [4.78, 5) is 21.0. The molecule has 2 amide bonds. The summed E-state index contributed by atoms with van der Waals surface area (Å²) in [6, 6.07) is 4.22. The highest BCUT2D eigenvalue weighted by atomic mass is 16.5. The number of aromatic nitrogens is 1. The van der Waals surface area contributed by atoms with Crippen LogP contribution in [0.2, 0.25) is 0 Å². The molecule has 2 aliphatic heterocycles. The average molecular weight is 361 g/mol. The maximum Gasteiger partial charge on any atom is 0.317 e. The minimum atomic E-state index is 0.0204. The Balaban J connectivity index is 1.44. The summed E-state index contributed by atoms with van der Waals surface area (Å²) in [5, 5.41) is 3.19. The van der Waals surface area contributed by atoms with Gasteiger partial charge in [-0.15, -0.1) is 0 Å². The molecule has 144 valence electrons. The molecule has 3 rings (SSSR count). The maximum absolute atomic E-state index is 12.6. The number of carbonyl (C=O) groups is 1. The lowest BCUT2D eigenvalue weighted by molar-refractivity contribution is -0.00635. The fraction of sp³-hybridized carbons (Fsp3) is 0.700. The number of hydrogen-bond donors (Lipinski definition) is 1. The van der Waals surface area contributed by atoms with Gasteiger partial charge in [0, 0.05) is 50.8 Å². The van der Waals surface area contributed by atoms with Crippen molar-refractivity contribution in [3.8, 4) is 0 Å². The highest BCUT2D eigenvalue weighted by Crippen LogP contribution is 2.26. The Kier molecular flexibility index (Phi) is 6.48. The zero-order chi connectivity index (χ0) is 18.4. The normalized spacial score (nSPS) is 21.0. The van der Waals surface area contributed by atoms with Gasteiger partial charge in [-0.05, 0) is 63.7 Å². The molecule has 1 aromatic rings. The van der Waals surface area contributed by atoms with Gasteiger partial charge in [0.05, 0.1) is 0 Å². The molecule has 0 radical (unpaired) electrons. The predicted molar refractivity (Wildman–Crippen MR) is 102 cm³/mol. The molecular formula is C20H32N4O2. The third kappa shape index (κ3) is 4.74. The van der Waals surface area contributed by atoms with E-state index in [4.69, 9.17) is 4.74 Å². The summed E-state index contributed by atoms with van der Waals surface area (Å²) in [6.07, 6.45) is 8.89. The van der Waals surface area contributed by atoms with Gasteiger partial charge in [0.2, 0.25) is 0 Å².